The summed E-state index contributed by atoms with van der Waals surface area (Å²) in [6.45, 7) is 0. The maximum absolute atomic E-state index is 12.2. The highest BCUT2D eigenvalue weighted by atomic mass is 32.2. The van der Waals surface area contributed by atoms with Crippen molar-refractivity contribution < 1.29 is 22.0 Å². The molecule has 122 valence electrons. The summed E-state index contributed by atoms with van der Waals surface area (Å²) in [4.78, 5) is 16.1. The van der Waals surface area contributed by atoms with E-state index in [9.17, 15) is 22.0 Å². The Morgan fingerprint density at radius 3 is 2.30 bits per heavy atom. The molecule has 0 aliphatic carbocycles. The Kier molecular flexibility index (Phi) is 5.32. The van der Waals surface area contributed by atoms with Gasteiger partial charge in [0.15, 0.2) is 14.9 Å². The molecule has 0 atom stereocenters. The molecule has 0 saturated carbocycles. The molecule has 1 heterocycles. The van der Waals surface area contributed by atoms with Crippen molar-refractivity contribution in [2.75, 3.05) is 11.6 Å². The van der Waals surface area contributed by atoms with Gasteiger partial charge in [-0.15, -0.1) is 0 Å². The van der Waals surface area contributed by atoms with Gasteiger partial charge in [0.05, 0.1) is 11.9 Å². The smallest absolute Gasteiger partial charge is 0.288 e. The Bertz CT molecular complexity index is 792. The molecule has 1 N–H and O–H groups in total. The molecule has 0 aliphatic rings. The molecule has 23 heavy (non-hydrogen) atoms. The van der Waals surface area contributed by atoms with Crippen molar-refractivity contribution in [1.82, 2.24) is 4.98 Å². The number of halogens is 2. The first-order valence-corrected chi connectivity index (χ1v) is 9.05. The molecular formula is C14H12F2N2O3S2. The second-order valence-corrected chi connectivity index (χ2v) is 7.54. The number of sulfone groups is 1. The maximum atomic E-state index is 12.2. The first-order chi connectivity index (χ1) is 10.8. The number of hydrogen-bond acceptors (Lipinski definition) is 5. The van der Waals surface area contributed by atoms with Crippen LogP contribution in [0.5, 0.6) is 0 Å². The van der Waals surface area contributed by atoms with Crippen molar-refractivity contribution in [2.24, 2.45) is 0 Å². The van der Waals surface area contributed by atoms with Crippen molar-refractivity contribution in [3.63, 3.8) is 0 Å². The standard InChI is InChI=1S/C14H12F2N2O3S2/c1-23(20,21)12-7-4-10(8-17-12)18-13(19)9-2-5-11(6-3-9)22-14(15)16/h2-8,14H,1H3,(H,18,19). The molecule has 0 spiro atoms. The van der Waals surface area contributed by atoms with Gasteiger partial charge in [-0.25, -0.2) is 13.4 Å². The van der Waals surface area contributed by atoms with Crippen LogP contribution in [0.25, 0.3) is 0 Å². The average molecular weight is 358 g/mol. The summed E-state index contributed by atoms with van der Waals surface area (Å²) in [5, 5.41) is 2.45. The first kappa shape index (κ1) is 17.4. The normalized spacial score (nSPS) is 11.5. The Labute approximate surface area is 136 Å². The minimum Gasteiger partial charge on any atom is -0.321 e. The summed E-state index contributed by atoms with van der Waals surface area (Å²) in [5.41, 5.74) is 0.615. The Morgan fingerprint density at radius 2 is 1.83 bits per heavy atom. The number of hydrogen-bond donors (Lipinski definition) is 1. The van der Waals surface area contributed by atoms with E-state index in [2.05, 4.69) is 10.3 Å². The van der Waals surface area contributed by atoms with Gasteiger partial charge >= 0.3 is 0 Å². The molecule has 2 rings (SSSR count). The first-order valence-electron chi connectivity index (χ1n) is 6.28. The summed E-state index contributed by atoms with van der Waals surface area (Å²) in [7, 11) is -3.40. The van der Waals surface area contributed by atoms with Gasteiger partial charge in [-0.05, 0) is 36.4 Å². The van der Waals surface area contributed by atoms with Gasteiger partial charge in [-0.2, -0.15) is 8.78 Å². The zero-order valence-corrected chi connectivity index (χ0v) is 13.5. The van der Waals surface area contributed by atoms with Gasteiger partial charge in [0.1, 0.15) is 0 Å². The number of rotatable bonds is 5. The number of anilines is 1. The zero-order chi connectivity index (χ0) is 17.0. The lowest BCUT2D eigenvalue weighted by atomic mass is 10.2. The van der Waals surface area contributed by atoms with Crippen LogP contribution in [0.2, 0.25) is 0 Å². The Hall–Kier alpha value is -2.00. The average Bonchev–Trinajstić information content (AvgIpc) is 2.47. The summed E-state index contributed by atoms with van der Waals surface area (Å²) < 4.78 is 47.0. The number of carbonyl (C=O) groups excluding carboxylic acids is 1. The second kappa shape index (κ2) is 7.05. The molecule has 0 unspecified atom stereocenters. The third kappa shape index (κ3) is 5.00. The number of aromatic nitrogens is 1. The zero-order valence-electron chi connectivity index (χ0n) is 11.9. The highest BCUT2D eigenvalue weighted by Gasteiger charge is 2.11. The van der Waals surface area contributed by atoms with Gasteiger partial charge in [0.25, 0.3) is 11.7 Å². The Morgan fingerprint density at radius 1 is 1.17 bits per heavy atom. The van der Waals surface area contributed by atoms with E-state index in [1.807, 2.05) is 0 Å². The number of amides is 1. The van der Waals surface area contributed by atoms with Crippen LogP contribution in [-0.4, -0.2) is 31.3 Å². The molecule has 2 aromatic rings. The second-order valence-electron chi connectivity index (χ2n) is 4.51. The molecule has 0 radical (unpaired) electrons. The summed E-state index contributed by atoms with van der Waals surface area (Å²) >= 11 is 0.395. The van der Waals surface area contributed by atoms with E-state index in [-0.39, 0.29) is 10.6 Å². The molecule has 1 amide bonds. The molecule has 1 aromatic heterocycles. The predicted molar refractivity (Wildman–Crippen MR) is 83.6 cm³/mol. The van der Waals surface area contributed by atoms with E-state index in [1.165, 1.54) is 42.6 Å². The summed E-state index contributed by atoms with van der Waals surface area (Å²) in [6, 6.07) is 8.42. The van der Waals surface area contributed by atoms with Crippen molar-refractivity contribution in [2.45, 2.75) is 15.7 Å². The molecule has 1 aromatic carbocycles. The third-order valence-electron chi connectivity index (χ3n) is 2.72. The number of thioether (sulfide) groups is 1. The fraction of sp³-hybridized carbons (Fsp3) is 0.143. The SMILES string of the molecule is CS(=O)(=O)c1ccc(NC(=O)c2ccc(SC(F)F)cc2)cn1. The van der Waals surface area contributed by atoms with Crippen molar-refractivity contribution in [3.05, 3.63) is 48.2 Å². The summed E-state index contributed by atoms with van der Waals surface area (Å²) in [5.74, 6) is -2.97. The van der Waals surface area contributed by atoms with Crippen LogP contribution in [-0.2, 0) is 9.84 Å². The molecule has 0 fully saturated rings. The predicted octanol–water partition coefficient (Wildman–Crippen LogP) is 3.05. The minimum atomic E-state index is -3.40. The van der Waals surface area contributed by atoms with Crippen LogP contribution in [0.15, 0.2) is 52.5 Å². The monoisotopic (exact) mass is 358 g/mol. The number of nitrogens with zero attached hydrogens (tertiary/aromatic N) is 1. The van der Waals surface area contributed by atoms with Crippen molar-refractivity contribution >= 4 is 33.2 Å². The minimum absolute atomic E-state index is 0.0936. The Balaban J connectivity index is 2.07. The molecular weight excluding hydrogens is 346 g/mol. The largest absolute Gasteiger partial charge is 0.321 e. The molecule has 5 nitrogen and oxygen atoms in total. The van der Waals surface area contributed by atoms with Crippen LogP contribution in [0.3, 0.4) is 0 Å². The molecule has 0 aliphatic heterocycles. The summed E-state index contributed by atoms with van der Waals surface area (Å²) in [6.07, 6.45) is 2.27. The topological polar surface area (TPSA) is 76.1 Å². The van der Waals surface area contributed by atoms with E-state index in [1.54, 1.807) is 0 Å². The van der Waals surface area contributed by atoms with E-state index >= 15 is 0 Å². The lowest BCUT2D eigenvalue weighted by molar-refractivity contribution is 0.102. The van der Waals surface area contributed by atoms with E-state index in [0.29, 0.717) is 22.3 Å². The highest BCUT2D eigenvalue weighted by molar-refractivity contribution is 7.99. The highest BCUT2D eigenvalue weighted by Crippen LogP contribution is 2.25. The number of carbonyl (C=O) groups is 1. The van der Waals surface area contributed by atoms with Crippen LogP contribution >= 0.6 is 11.8 Å². The number of pyridine rings is 1. The van der Waals surface area contributed by atoms with Crippen LogP contribution < -0.4 is 5.32 Å². The molecule has 9 heteroatoms. The fourth-order valence-electron chi connectivity index (χ4n) is 1.66. The van der Waals surface area contributed by atoms with Gasteiger partial charge in [0, 0.05) is 16.7 Å². The van der Waals surface area contributed by atoms with E-state index < -0.39 is 21.5 Å². The van der Waals surface area contributed by atoms with Crippen LogP contribution in [0.4, 0.5) is 14.5 Å². The molecule has 0 bridgehead atoms. The van der Waals surface area contributed by atoms with Gasteiger partial charge < -0.3 is 5.32 Å². The van der Waals surface area contributed by atoms with Crippen LogP contribution in [0.1, 0.15) is 10.4 Å². The number of nitrogens with one attached hydrogen (secondary N) is 1. The van der Waals surface area contributed by atoms with Gasteiger partial charge in [0.2, 0.25) is 0 Å². The van der Waals surface area contributed by atoms with Crippen molar-refractivity contribution in [3.8, 4) is 0 Å². The third-order valence-corrected chi connectivity index (χ3v) is 4.44. The van der Waals surface area contributed by atoms with Gasteiger partial charge in [-0.1, -0.05) is 11.8 Å². The van der Waals surface area contributed by atoms with Crippen LogP contribution in [0, 0.1) is 0 Å². The van der Waals surface area contributed by atoms with Crippen molar-refractivity contribution in [1.29, 1.82) is 0 Å². The number of benzene rings is 1. The lowest BCUT2D eigenvalue weighted by Crippen LogP contribution is -2.12. The number of alkyl halides is 2. The lowest BCUT2D eigenvalue weighted by Gasteiger charge is -2.06. The molecule has 0 saturated heterocycles. The quantitative estimate of drug-likeness (QED) is 0.832. The van der Waals surface area contributed by atoms with E-state index in [4.69, 9.17) is 0 Å². The fourth-order valence-corrected chi connectivity index (χ4v) is 2.72. The van der Waals surface area contributed by atoms with Gasteiger partial charge in [-0.3, -0.25) is 4.79 Å². The van der Waals surface area contributed by atoms with E-state index in [0.717, 1.165) is 6.26 Å². The maximum Gasteiger partial charge on any atom is 0.288 e.